The molecule has 0 atom stereocenters. The van der Waals surface area contributed by atoms with Crippen molar-refractivity contribution in [2.45, 2.75) is 51.4 Å². The highest BCUT2D eigenvalue weighted by Gasteiger charge is 2.01. The Morgan fingerprint density at radius 2 is 1.45 bits per heavy atom. The van der Waals surface area contributed by atoms with Crippen LogP contribution in [-0.4, -0.2) is 6.29 Å². The van der Waals surface area contributed by atoms with Gasteiger partial charge >= 0.3 is 0 Å². The van der Waals surface area contributed by atoms with Gasteiger partial charge in [0.05, 0.1) is 0 Å². The molecule has 1 aromatic rings. The molecule has 0 bridgehead atoms. The summed E-state index contributed by atoms with van der Waals surface area (Å²) in [4.78, 5) is 11.0. The first-order chi connectivity index (χ1) is 9.80. The second-order valence-electron chi connectivity index (χ2n) is 5.27. The number of unbranched alkanes of at least 4 members (excludes halogenated alkanes) is 4. The Hall–Kier alpha value is -1.63. The number of aldehydes is 1. The van der Waals surface area contributed by atoms with Gasteiger partial charge in [0.1, 0.15) is 6.29 Å². The molecule has 108 valence electrons. The van der Waals surface area contributed by atoms with Crippen molar-refractivity contribution in [2.24, 2.45) is 0 Å². The van der Waals surface area contributed by atoms with Crippen molar-refractivity contribution in [3.8, 4) is 0 Å². The third kappa shape index (κ3) is 6.51. The minimum Gasteiger partial charge on any atom is -0.298 e. The van der Waals surface area contributed by atoms with Gasteiger partial charge in [-0.25, -0.2) is 0 Å². The molecular weight excluding hydrogens is 244 g/mol. The molecule has 0 aliphatic heterocycles. The lowest BCUT2D eigenvalue weighted by atomic mass is 9.99. The van der Waals surface area contributed by atoms with Crippen molar-refractivity contribution in [2.75, 3.05) is 0 Å². The van der Waals surface area contributed by atoms with E-state index in [9.17, 15) is 4.79 Å². The standard InChI is InChI=1S/C19H26O/c1-3-5-7-8-9-10-12-18-13-17(11-6-4-2)14-19(15-18)16-20/h3-4,13-16H,1-2,5-12H2. The smallest absolute Gasteiger partial charge is 0.150 e. The van der Waals surface area contributed by atoms with E-state index in [2.05, 4.69) is 19.2 Å². The van der Waals surface area contributed by atoms with Gasteiger partial charge in [0, 0.05) is 5.56 Å². The van der Waals surface area contributed by atoms with E-state index >= 15 is 0 Å². The summed E-state index contributed by atoms with van der Waals surface area (Å²) < 4.78 is 0. The van der Waals surface area contributed by atoms with E-state index in [4.69, 9.17) is 0 Å². The summed E-state index contributed by atoms with van der Waals surface area (Å²) in [5, 5.41) is 0. The molecular formula is C19H26O. The maximum absolute atomic E-state index is 11.0. The molecule has 1 rings (SSSR count). The van der Waals surface area contributed by atoms with Gasteiger partial charge in [-0.3, -0.25) is 4.79 Å². The molecule has 1 aromatic carbocycles. The summed E-state index contributed by atoms with van der Waals surface area (Å²) >= 11 is 0. The maximum Gasteiger partial charge on any atom is 0.150 e. The number of carbonyl (C=O) groups is 1. The van der Waals surface area contributed by atoms with Gasteiger partial charge in [-0.05, 0) is 61.8 Å². The van der Waals surface area contributed by atoms with Gasteiger partial charge in [0.15, 0.2) is 0 Å². The zero-order valence-corrected chi connectivity index (χ0v) is 12.4. The van der Waals surface area contributed by atoms with Crippen LogP contribution in [0.5, 0.6) is 0 Å². The Morgan fingerprint density at radius 1 is 0.800 bits per heavy atom. The molecule has 0 spiro atoms. The van der Waals surface area contributed by atoms with Crippen molar-refractivity contribution in [1.82, 2.24) is 0 Å². The molecule has 1 nitrogen and oxygen atoms in total. The van der Waals surface area contributed by atoms with Crippen LogP contribution in [0.2, 0.25) is 0 Å². The summed E-state index contributed by atoms with van der Waals surface area (Å²) in [7, 11) is 0. The molecule has 0 heterocycles. The molecule has 0 amide bonds. The normalized spacial score (nSPS) is 10.2. The van der Waals surface area contributed by atoms with Crippen LogP contribution in [0.4, 0.5) is 0 Å². The number of carbonyl (C=O) groups excluding carboxylic acids is 1. The van der Waals surface area contributed by atoms with Crippen molar-refractivity contribution in [1.29, 1.82) is 0 Å². The number of aryl methyl sites for hydroxylation is 2. The minimum absolute atomic E-state index is 0.799. The monoisotopic (exact) mass is 270 g/mol. The van der Waals surface area contributed by atoms with E-state index in [0.29, 0.717) is 0 Å². The van der Waals surface area contributed by atoms with Crippen LogP contribution >= 0.6 is 0 Å². The van der Waals surface area contributed by atoms with Crippen LogP contribution in [0.1, 0.15) is 60.0 Å². The SMILES string of the molecule is C=CCCCCCCc1cc(C=O)cc(CCC=C)c1. The largest absolute Gasteiger partial charge is 0.298 e. The maximum atomic E-state index is 11.0. The molecule has 0 unspecified atom stereocenters. The predicted molar refractivity (Wildman–Crippen MR) is 87.3 cm³/mol. The molecule has 0 aliphatic rings. The lowest BCUT2D eigenvalue weighted by Crippen LogP contribution is -1.94. The highest BCUT2D eigenvalue weighted by Crippen LogP contribution is 2.15. The summed E-state index contributed by atoms with van der Waals surface area (Å²) in [6, 6.07) is 6.25. The van der Waals surface area contributed by atoms with Crippen LogP contribution in [0.25, 0.3) is 0 Å². The van der Waals surface area contributed by atoms with E-state index < -0.39 is 0 Å². The zero-order chi connectivity index (χ0) is 14.6. The number of benzene rings is 1. The van der Waals surface area contributed by atoms with Crippen molar-refractivity contribution >= 4 is 6.29 Å². The summed E-state index contributed by atoms with van der Waals surface area (Å²) in [5.74, 6) is 0. The third-order valence-corrected chi connectivity index (χ3v) is 3.47. The minimum atomic E-state index is 0.799. The Bertz CT molecular complexity index is 431. The average molecular weight is 270 g/mol. The fourth-order valence-electron chi connectivity index (χ4n) is 2.39. The molecule has 0 radical (unpaired) electrons. The average Bonchev–Trinajstić information content (AvgIpc) is 2.48. The van der Waals surface area contributed by atoms with E-state index in [1.54, 1.807) is 0 Å². The molecule has 0 saturated carbocycles. The van der Waals surface area contributed by atoms with Crippen LogP contribution in [0.3, 0.4) is 0 Å². The van der Waals surface area contributed by atoms with E-state index in [1.807, 2.05) is 24.3 Å². The van der Waals surface area contributed by atoms with Gasteiger partial charge in [0.2, 0.25) is 0 Å². The Morgan fingerprint density at radius 3 is 2.10 bits per heavy atom. The van der Waals surface area contributed by atoms with Crippen LogP contribution in [0, 0.1) is 0 Å². The number of hydrogen-bond acceptors (Lipinski definition) is 1. The fourth-order valence-corrected chi connectivity index (χ4v) is 2.39. The van der Waals surface area contributed by atoms with Gasteiger partial charge in [0.25, 0.3) is 0 Å². The van der Waals surface area contributed by atoms with Crippen LogP contribution in [-0.2, 0) is 12.8 Å². The van der Waals surface area contributed by atoms with Gasteiger partial charge in [-0.2, -0.15) is 0 Å². The van der Waals surface area contributed by atoms with Crippen LogP contribution in [0.15, 0.2) is 43.5 Å². The van der Waals surface area contributed by atoms with Gasteiger partial charge in [-0.15, -0.1) is 13.2 Å². The second kappa shape index (κ2) is 10.2. The first kappa shape index (κ1) is 16.4. The number of rotatable bonds is 11. The Balaban J connectivity index is 2.48. The summed E-state index contributed by atoms with van der Waals surface area (Å²) in [6.07, 6.45) is 13.9. The predicted octanol–water partition coefficient (Wildman–Crippen LogP) is 5.30. The van der Waals surface area contributed by atoms with Crippen LogP contribution < -0.4 is 0 Å². The number of allylic oxidation sites excluding steroid dienone is 2. The molecule has 0 aromatic heterocycles. The summed E-state index contributed by atoms with van der Waals surface area (Å²) in [6.45, 7) is 7.49. The Kier molecular flexibility index (Phi) is 8.37. The van der Waals surface area contributed by atoms with E-state index in [1.165, 1.54) is 36.8 Å². The number of hydrogen-bond donors (Lipinski definition) is 0. The van der Waals surface area contributed by atoms with Crippen molar-refractivity contribution in [3.05, 3.63) is 60.2 Å². The molecule has 0 N–H and O–H groups in total. The lowest BCUT2D eigenvalue weighted by Gasteiger charge is -2.07. The van der Waals surface area contributed by atoms with Gasteiger partial charge < -0.3 is 0 Å². The molecule has 0 aliphatic carbocycles. The quantitative estimate of drug-likeness (QED) is 0.303. The Labute approximate surface area is 123 Å². The molecule has 0 fully saturated rings. The lowest BCUT2D eigenvalue weighted by molar-refractivity contribution is 0.112. The first-order valence-corrected chi connectivity index (χ1v) is 7.60. The first-order valence-electron chi connectivity index (χ1n) is 7.60. The highest BCUT2D eigenvalue weighted by molar-refractivity contribution is 5.75. The molecule has 1 heteroatoms. The molecule has 0 saturated heterocycles. The fraction of sp³-hybridized carbons (Fsp3) is 0.421. The third-order valence-electron chi connectivity index (χ3n) is 3.47. The topological polar surface area (TPSA) is 17.1 Å². The summed E-state index contributed by atoms with van der Waals surface area (Å²) in [5.41, 5.74) is 3.33. The molecule has 20 heavy (non-hydrogen) atoms. The van der Waals surface area contributed by atoms with E-state index in [0.717, 1.165) is 37.5 Å². The van der Waals surface area contributed by atoms with Gasteiger partial charge in [-0.1, -0.05) is 31.1 Å². The zero-order valence-electron chi connectivity index (χ0n) is 12.4. The van der Waals surface area contributed by atoms with Crippen molar-refractivity contribution < 1.29 is 4.79 Å². The van der Waals surface area contributed by atoms with Crippen molar-refractivity contribution in [3.63, 3.8) is 0 Å². The second-order valence-corrected chi connectivity index (χ2v) is 5.27. The van der Waals surface area contributed by atoms with E-state index in [-0.39, 0.29) is 0 Å². The highest BCUT2D eigenvalue weighted by atomic mass is 16.1.